The molecule has 2 bridgehead atoms. The molecule has 84 valence electrons. The van der Waals surface area contributed by atoms with Crippen LogP contribution >= 0.6 is 0 Å². The Morgan fingerprint density at radius 3 is 2.53 bits per heavy atom. The van der Waals surface area contributed by atoms with Gasteiger partial charge in [0.1, 0.15) is 0 Å². The third-order valence-electron chi connectivity index (χ3n) is 4.89. The molecule has 0 radical (unpaired) electrons. The fourth-order valence-electron chi connectivity index (χ4n) is 3.38. The van der Waals surface area contributed by atoms with E-state index in [9.17, 15) is 0 Å². The third-order valence-corrected chi connectivity index (χ3v) is 4.89. The minimum atomic E-state index is 0.639. The first-order valence-corrected chi connectivity index (χ1v) is 6.47. The fraction of sp³-hybridized carbons (Fsp3) is 0.733. The molecule has 0 aromatic rings. The topological polar surface area (TPSA) is 0 Å². The highest BCUT2D eigenvalue weighted by atomic mass is 14.4. The van der Waals surface area contributed by atoms with Crippen molar-refractivity contribution >= 4 is 0 Å². The molecule has 0 heteroatoms. The molecule has 0 saturated heterocycles. The molecule has 0 aliphatic heterocycles. The Morgan fingerprint density at radius 1 is 1.33 bits per heavy atom. The minimum Gasteiger partial charge on any atom is -0.103 e. The van der Waals surface area contributed by atoms with E-state index in [1.54, 1.807) is 5.57 Å². The molecular weight excluding hydrogens is 180 g/mol. The molecule has 0 aromatic heterocycles. The smallest absolute Gasteiger partial charge is 0.0195 e. The lowest BCUT2D eigenvalue weighted by Gasteiger charge is -2.29. The summed E-state index contributed by atoms with van der Waals surface area (Å²) in [5, 5.41) is 0. The van der Waals surface area contributed by atoms with Gasteiger partial charge in [-0.1, -0.05) is 38.5 Å². The normalized spacial score (nSPS) is 34.7. The first-order valence-electron chi connectivity index (χ1n) is 6.47. The van der Waals surface area contributed by atoms with Gasteiger partial charge >= 0.3 is 0 Å². The van der Waals surface area contributed by atoms with E-state index in [2.05, 4.69) is 39.5 Å². The van der Waals surface area contributed by atoms with Gasteiger partial charge in [0.15, 0.2) is 0 Å². The Kier molecular flexibility index (Phi) is 3.04. The van der Waals surface area contributed by atoms with Crippen molar-refractivity contribution in [1.82, 2.24) is 0 Å². The molecule has 1 saturated carbocycles. The van der Waals surface area contributed by atoms with Crippen molar-refractivity contribution in [3.63, 3.8) is 0 Å². The highest BCUT2D eigenvalue weighted by molar-refractivity contribution is 5.22. The number of fused-ring (bicyclic) bond motifs is 2. The maximum atomic E-state index is 3.92. The number of hydrogen-bond donors (Lipinski definition) is 0. The van der Waals surface area contributed by atoms with Crippen LogP contribution < -0.4 is 0 Å². The number of rotatable bonds is 4. The van der Waals surface area contributed by atoms with Gasteiger partial charge in [-0.3, -0.25) is 0 Å². The second-order valence-corrected chi connectivity index (χ2v) is 5.68. The Balaban J connectivity index is 2.05. The van der Waals surface area contributed by atoms with Crippen molar-refractivity contribution < 1.29 is 0 Å². The Bertz CT molecular complexity index is 274. The Morgan fingerprint density at radius 2 is 2.07 bits per heavy atom. The van der Waals surface area contributed by atoms with Crippen LogP contribution in [-0.4, -0.2) is 0 Å². The van der Waals surface area contributed by atoms with Crippen molar-refractivity contribution in [2.45, 2.75) is 40.0 Å². The molecule has 5 atom stereocenters. The van der Waals surface area contributed by atoms with Gasteiger partial charge in [-0.15, -0.1) is 6.58 Å². The van der Waals surface area contributed by atoms with Crippen LogP contribution in [-0.2, 0) is 0 Å². The summed E-state index contributed by atoms with van der Waals surface area (Å²) in [6, 6.07) is 0. The van der Waals surface area contributed by atoms with Gasteiger partial charge < -0.3 is 0 Å². The van der Waals surface area contributed by atoms with Gasteiger partial charge in [-0.2, -0.15) is 0 Å². The van der Waals surface area contributed by atoms with Crippen LogP contribution in [0.5, 0.6) is 0 Å². The minimum absolute atomic E-state index is 0.639. The predicted octanol–water partition coefficient (Wildman–Crippen LogP) is 4.44. The molecule has 0 heterocycles. The number of hydrogen-bond acceptors (Lipinski definition) is 0. The van der Waals surface area contributed by atoms with Crippen LogP contribution in [0.2, 0.25) is 0 Å². The molecule has 1 fully saturated rings. The van der Waals surface area contributed by atoms with Crippen molar-refractivity contribution in [3.05, 3.63) is 24.3 Å². The van der Waals surface area contributed by atoms with Crippen LogP contribution in [0.1, 0.15) is 40.0 Å². The summed E-state index contributed by atoms with van der Waals surface area (Å²) in [5.41, 5.74) is 1.77. The first-order chi connectivity index (χ1) is 7.13. The quantitative estimate of drug-likeness (QED) is 0.594. The molecular formula is C15H24. The van der Waals surface area contributed by atoms with Crippen LogP contribution in [0.3, 0.4) is 0 Å². The van der Waals surface area contributed by atoms with Crippen molar-refractivity contribution in [2.24, 2.45) is 29.6 Å². The molecule has 15 heavy (non-hydrogen) atoms. The van der Waals surface area contributed by atoms with Gasteiger partial charge in [-0.25, -0.2) is 0 Å². The SMILES string of the molecule is C=CC(C)C(C)C(C)C1=CC2CCC1C2. The lowest BCUT2D eigenvalue weighted by Crippen LogP contribution is -2.19. The summed E-state index contributed by atoms with van der Waals surface area (Å²) in [6.45, 7) is 11.0. The van der Waals surface area contributed by atoms with Gasteiger partial charge in [0.2, 0.25) is 0 Å². The second kappa shape index (κ2) is 4.15. The summed E-state index contributed by atoms with van der Waals surface area (Å²) in [5.74, 6) is 4.00. The van der Waals surface area contributed by atoms with Gasteiger partial charge in [0.25, 0.3) is 0 Å². The van der Waals surface area contributed by atoms with Crippen molar-refractivity contribution in [2.75, 3.05) is 0 Å². The average Bonchev–Trinajstić information content (AvgIpc) is 2.87. The predicted molar refractivity (Wildman–Crippen MR) is 66.6 cm³/mol. The van der Waals surface area contributed by atoms with E-state index in [0.717, 1.165) is 23.7 Å². The van der Waals surface area contributed by atoms with Gasteiger partial charge in [0.05, 0.1) is 0 Å². The summed E-state index contributed by atoms with van der Waals surface area (Å²) in [7, 11) is 0. The molecule has 0 amide bonds. The van der Waals surface area contributed by atoms with Crippen LogP contribution in [0.25, 0.3) is 0 Å². The van der Waals surface area contributed by atoms with Crippen molar-refractivity contribution in [3.8, 4) is 0 Å². The Labute approximate surface area is 94.5 Å². The molecule has 0 spiro atoms. The second-order valence-electron chi connectivity index (χ2n) is 5.68. The van der Waals surface area contributed by atoms with Gasteiger partial charge in [-0.05, 0) is 48.9 Å². The zero-order valence-electron chi connectivity index (χ0n) is 10.4. The van der Waals surface area contributed by atoms with E-state index in [4.69, 9.17) is 0 Å². The highest BCUT2D eigenvalue weighted by Gasteiger charge is 2.36. The third kappa shape index (κ3) is 1.91. The molecule has 5 unspecified atom stereocenters. The summed E-state index contributed by atoms with van der Waals surface area (Å²) >= 11 is 0. The van der Waals surface area contributed by atoms with Crippen LogP contribution in [0.4, 0.5) is 0 Å². The van der Waals surface area contributed by atoms with E-state index in [-0.39, 0.29) is 0 Å². The molecule has 0 N–H and O–H groups in total. The lowest BCUT2D eigenvalue weighted by molar-refractivity contribution is 0.337. The van der Waals surface area contributed by atoms with Gasteiger partial charge in [0, 0.05) is 0 Å². The maximum Gasteiger partial charge on any atom is -0.0195 e. The van der Waals surface area contributed by atoms with E-state index >= 15 is 0 Å². The highest BCUT2D eigenvalue weighted by Crippen LogP contribution is 2.48. The molecule has 2 rings (SSSR count). The van der Waals surface area contributed by atoms with Crippen LogP contribution in [0.15, 0.2) is 24.3 Å². The lowest BCUT2D eigenvalue weighted by atomic mass is 9.76. The summed E-state index contributed by atoms with van der Waals surface area (Å²) < 4.78 is 0. The molecule has 0 aromatic carbocycles. The zero-order chi connectivity index (χ0) is 11.0. The van der Waals surface area contributed by atoms with E-state index < -0.39 is 0 Å². The zero-order valence-corrected chi connectivity index (χ0v) is 10.4. The number of allylic oxidation sites excluding steroid dienone is 3. The first kappa shape index (κ1) is 11.0. The van der Waals surface area contributed by atoms with Crippen molar-refractivity contribution in [1.29, 1.82) is 0 Å². The monoisotopic (exact) mass is 204 g/mol. The van der Waals surface area contributed by atoms with Crippen LogP contribution in [0, 0.1) is 29.6 Å². The largest absolute Gasteiger partial charge is 0.103 e. The summed E-state index contributed by atoms with van der Waals surface area (Å²) in [4.78, 5) is 0. The Hall–Kier alpha value is -0.520. The van der Waals surface area contributed by atoms with E-state index in [1.807, 2.05) is 0 Å². The average molecular weight is 204 g/mol. The maximum absolute atomic E-state index is 3.92. The standard InChI is InChI=1S/C15H24/c1-5-10(2)11(3)12(4)15-9-13-6-7-14(15)8-13/h5,9-14H,1,6-8H2,2-4H3. The molecule has 0 nitrogen and oxygen atoms in total. The summed E-state index contributed by atoms with van der Waals surface area (Å²) in [6.07, 6.45) is 9.05. The van der Waals surface area contributed by atoms with E-state index in [0.29, 0.717) is 5.92 Å². The molecule has 2 aliphatic carbocycles. The molecule has 2 aliphatic rings. The van der Waals surface area contributed by atoms with E-state index in [1.165, 1.54) is 19.3 Å². The fourth-order valence-corrected chi connectivity index (χ4v) is 3.38.